The van der Waals surface area contributed by atoms with E-state index in [0.717, 1.165) is 24.4 Å². The first kappa shape index (κ1) is 17.2. The van der Waals surface area contributed by atoms with E-state index in [1.807, 2.05) is 24.8 Å². The maximum atomic E-state index is 11.9. The van der Waals surface area contributed by atoms with Crippen molar-refractivity contribution in [2.24, 2.45) is 5.73 Å². The Labute approximate surface area is 120 Å². The van der Waals surface area contributed by atoms with Gasteiger partial charge in [0.25, 0.3) is 0 Å². The number of aryl methyl sites for hydroxylation is 2. The molecule has 18 heavy (non-hydrogen) atoms. The standard InChI is InChI=1S/C11H18N4O.2ClH/c1-8-5-9(2)15(13-8)7-11(16)14-4-3-10(12)6-14;;/h5,10H,3-4,6-7,12H2,1-2H3;2*1H/t10-;;/m0../s1. The molecule has 2 heterocycles. The predicted molar refractivity (Wildman–Crippen MR) is 75.4 cm³/mol. The Hall–Kier alpha value is -0.780. The van der Waals surface area contributed by atoms with E-state index in [9.17, 15) is 4.79 Å². The molecule has 1 atom stereocenters. The number of aromatic nitrogens is 2. The molecule has 0 bridgehead atoms. The summed E-state index contributed by atoms with van der Waals surface area (Å²) in [5, 5.41) is 4.28. The largest absolute Gasteiger partial charge is 0.339 e. The molecular formula is C11H20Cl2N4O. The van der Waals surface area contributed by atoms with Crippen LogP contribution in [0.2, 0.25) is 0 Å². The lowest BCUT2D eigenvalue weighted by atomic mass is 10.3. The lowest BCUT2D eigenvalue weighted by molar-refractivity contribution is -0.131. The van der Waals surface area contributed by atoms with E-state index in [0.29, 0.717) is 13.1 Å². The summed E-state index contributed by atoms with van der Waals surface area (Å²) in [5.74, 6) is 0.110. The highest BCUT2D eigenvalue weighted by atomic mass is 35.5. The van der Waals surface area contributed by atoms with Gasteiger partial charge in [-0.05, 0) is 26.3 Å². The minimum absolute atomic E-state index is 0. The van der Waals surface area contributed by atoms with Crippen molar-refractivity contribution < 1.29 is 4.79 Å². The van der Waals surface area contributed by atoms with Gasteiger partial charge in [0.1, 0.15) is 6.54 Å². The quantitative estimate of drug-likeness (QED) is 0.882. The number of nitrogens with zero attached hydrogens (tertiary/aromatic N) is 3. The molecule has 0 aliphatic carbocycles. The van der Waals surface area contributed by atoms with Crippen LogP contribution < -0.4 is 5.73 Å². The van der Waals surface area contributed by atoms with Crippen LogP contribution in [0.15, 0.2) is 6.07 Å². The molecule has 1 aliphatic heterocycles. The maximum Gasteiger partial charge on any atom is 0.244 e. The molecule has 0 saturated carbocycles. The van der Waals surface area contributed by atoms with Gasteiger partial charge >= 0.3 is 0 Å². The van der Waals surface area contributed by atoms with Crippen LogP contribution in [0.1, 0.15) is 17.8 Å². The van der Waals surface area contributed by atoms with Crippen molar-refractivity contribution in [1.29, 1.82) is 0 Å². The number of likely N-dealkylation sites (tertiary alicyclic amines) is 1. The molecule has 1 saturated heterocycles. The first-order valence-corrected chi connectivity index (χ1v) is 5.60. The Bertz CT molecular complexity index is 408. The Morgan fingerprint density at radius 3 is 2.61 bits per heavy atom. The third-order valence-electron chi connectivity index (χ3n) is 2.97. The minimum Gasteiger partial charge on any atom is -0.339 e. The van der Waals surface area contributed by atoms with Crippen LogP contribution in [0.25, 0.3) is 0 Å². The molecule has 1 aromatic rings. The summed E-state index contributed by atoms with van der Waals surface area (Å²) in [7, 11) is 0. The fourth-order valence-electron chi connectivity index (χ4n) is 2.08. The van der Waals surface area contributed by atoms with Gasteiger partial charge in [-0.2, -0.15) is 5.10 Å². The highest BCUT2D eigenvalue weighted by Gasteiger charge is 2.23. The Morgan fingerprint density at radius 1 is 1.50 bits per heavy atom. The fourth-order valence-corrected chi connectivity index (χ4v) is 2.08. The summed E-state index contributed by atoms with van der Waals surface area (Å²) in [4.78, 5) is 13.8. The number of hydrogen-bond donors (Lipinski definition) is 1. The van der Waals surface area contributed by atoms with E-state index in [1.54, 1.807) is 4.68 Å². The van der Waals surface area contributed by atoms with Gasteiger partial charge in [0, 0.05) is 24.8 Å². The number of nitrogens with two attached hydrogens (primary N) is 1. The Balaban J connectivity index is 0.00000144. The van der Waals surface area contributed by atoms with Gasteiger partial charge in [-0.3, -0.25) is 9.48 Å². The second-order valence-corrected chi connectivity index (χ2v) is 4.47. The number of carbonyl (C=O) groups excluding carboxylic acids is 1. The monoisotopic (exact) mass is 294 g/mol. The molecule has 1 fully saturated rings. The number of hydrogen-bond acceptors (Lipinski definition) is 3. The summed E-state index contributed by atoms with van der Waals surface area (Å²) in [6.45, 7) is 5.67. The molecule has 7 heteroatoms. The molecule has 1 aromatic heterocycles. The van der Waals surface area contributed by atoms with Gasteiger partial charge in [-0.25, -0.2) is 0 Å². The molecule has 0 radical (unpaired) electrons. The van der Waals surface area contributed by atoms with Crippen molar-refractivity contribution in [3.8, 4) is 0 Å². The smallest absolute Gasteiger partial charge is 0.244 e. The Kier molecular flexibility index (Phi) is 6.67. The molecule has 0 unspecified atom stereocenters. The van der Waals surface area contributed by atoms with Gasteiger partial charge in [-0.1, -0.05) is 0 Å². The highest BCUT2D eigenvalue weighted by Crippen LogP contribution is 2.09. The third-order valence-corrected chi connectivity index (χ3v) is 2.97. The SMILES string of the molecule is Cc1cc(C)n(CC(=O)N2CC[C@H](N)C2)n1.Cl.Cl. The average molecular weight is 295 g/mol. The summed E-state index contributed by atoms with van der Waals surface area (Å²) in [6, 6.07) is 2.12. The molecule has 2 N–H and O–H groups in total. The van der Waals surface area contributed by atoms with Crippen molar-refractivity contribution in [2.75, 3.05) is 13.1 Å². The van der Waals surface area contributed by atoms with Gasteiger partial charge in [0.15, 0.2) is 0 Å². The van der Waals surface area contributed by atoms with Crippen molar-refractivity contribution >= 4 is 30.7 Å². The number of rotatable bonds is 2. The average Bonchev–Trinajstić information content (AvgIpc) is 2.74. The summed E-state index contributed by atoms with van der Waals surface area (Å²) >= 11 is 0. The number of amides is 1. The zero-order valence-corrected chi connectivity index (χ0v) is 12.3. The van der Waals surface area contributed by atoms with Crippen molar-refractivity contribution in [3.05, 3.63) is 17.5 Å². The zero-order valence-electron chi connectivity index (χ0n) is 10.6. The molecule has 0 aromatic carbocycles. The van der Waals surface area contributed by atoms with E-state index in [4.69, 9.17) is 5.73 Å². The van der Waals surface area contributed by atoms with Crippen LogP contribution >= 0.6 is 24.8 Å². The summed E-state index contributed by atoms with van der Waals surface area (Å²) in [6.07, 6.45) is 0.906. The Morgan fingerprint density at radius 2 is 2.17 bits per heavy atom. The molecule has 104 valence electrons. The van der Waals surface area contributed by atoms with Crippen LogP contribution in [-0.4, -0.2) is 39.7 Å². The van der Waals surface area contributed by atoms with Crippen molar-refractivity contribution in [3.63, 3.8) is 0 Å². The zero-order chi connectivity index (χ0) is 11.7. The van der Waals surface area contributed by atoms with E-state index >= 15 is 0 Å². The molecule has 0 spiro atoms. The molecule has 1 amide bonds. The second kappa shape index (κ2) is 6.97. The van der Waals surface area contributed by atoms with Crippen molar-refractivity contribution in [2.45, 2.75) is 32.9 Å². The van der Waals surface area contributed by atoms with Crippen LogP contribution in [-0.2, 0) is 11.3 Å². The number of carbonyl (C=O) groups is 1. The summed E-state index contributed by atoms with van der Waals surface area (Å²) in [5.41, 5.74) is 7.74. The summed E-state index contributed by atoms with van der Waals surface area (Å²) < 4.78 is 1.75. The van der Waals surface area contributed by atoms with Gasteiger partial charge in [-0.15, -0.1) is 24.8 Å². The van der Waals surface area contributed by atoms with Gasteiger partial charge in [0.2, 0.25) is 5.91 Å². The maximum absolute atomic E-state index is 11.9. The fraction of sp³-hybridized carbons (Fsp3) is 0.636. The molecule has 1 aliphatic rings. The minimum atomic E-state index is 0. The topological polar surface area (TPSA) is 64.2 Å². The normalized spacial score (nSPS) is 18.2. The van der Waals surface area contributed by atoms with E-state index in [1.165, 1.54) is 0 Å². The molecular weight excluding hydrogens is 275 g/mol. The van der Waals surface area contributed by atoms with Crippen LogP contribution in [0.5, 0.6) is 0 Å². The van der Waals surface area contributed by atoms with Crippen LogP contribution in [0, 0.1) is 13.8 Å². The first-order valence-electron chi connectivity index (χ1n) is 5.60. The van der Waals surface area contributed by atoms with Crippen LogP contribution in [0.4, 0.5) is 0 Å². The lowest BCUT2D eigenvalue weighted by Crippen LogP contribution is -2.34. The number of halogens is 2. The lowest BCUT2D eigenvalue weighted by Gasteiger charge is -2.16. The molecule has 5 nitrogen and oxygen atoms in total. The van der Waals surface area contributed by atoms with Gasteiger partial charge in [0.05, 0.1) is 5.69 Å². The first-order chi connectivity index (χ1) is 7.56. The second-order valence-electron chi connectivity index (χ2n) is 4.47. The van der Waals surface area contributed by atoms with E-state index in [-0.39, 0.29) is 36.8 Å². The van der Waals surface area contributed by atoms with Gasteiger partial charge < -0.3 is 10.6 Å². The predicted octanol–water partition coefficient (Wildman–Crippen LogP) is 0.903. The highest BCUT2D eigenvalue weighted by molar-refractivity contribution is 5.85. The molecule has 2 rings (SSSR count). The van der Waals surface area contributed by atoms with Crippen molar-refractivity contribution in [1.82, 2.24) is 14.7 Å². The van der Waals surface area contributed by atoms with E-state index in [2.05, 4.69) is 5.10 Å². The third kappa shape index (κ3) is 3.86. The van der Waals surface area contributed by atoms with E-state index < -0.39 is 0 Å². The van der Waals surface area contributed by atoms with Crippen LogP contribution in [0.3, 0.4) is 0 Å².